The molecule has 0 bridgehead atoms. The average molecular weight is 226 g/mol. The Morgan fingerprint density at radius 3 is 2.73 bits per heavy atom. The lowest BCUT2D eigenvalue weighted by Gasteiger charge is -2.04. The summed E-state index contributed by atoms with van der Waals surface area (Å²) in [4.78, 5) is 11.2. The topological polar surface area (TPSA) is 55.2 Å². The minimum Gasteiger partial charge on any atom is -0.388 e. The number of thioether (sulfide) groups is 1. The number of rotatable bonds is 5. The number of hydrogen-bond acceptors (Lipinski definition) is 4. The van der Waals surface area contributed by atoms with Crippen molar-refractivity contribution in [2.24, 2.45) is 0 Å². The second-order valence-electron chi connectivity index (χ2n) is 3.07. The van der Waals surface area contributed by atoms with Crippen molar-refractivity contribution in [3.8, 4) is 0 Å². The van der Waals surface area contributed by atoms with Crippen LogP contribution in [-0.2, 0) is 0 Å². The first-order valence-corrected chi connectivity index (χ1v) is 5.76. The molecule has 0 saturated heterocycles. The Labute approximate surface area is 93.2 Å². The van der Waals surface area contributed by atoms with Crippen LogP contribution in [-0.4, -0.2) is 17.7 Å². The van der Waals surface area contributed by atoms with Crippen LogP contribution in [0.4, 0.5) is 11.4 Å². The van der Waals surface area contributed by atoms with Gasteiger partial charge in [0.1, 0.15) is 0 Å². The number of benzene rings is 1. The molecule has 0 atom stereocenters. The van der Waals surface area contributed by atoms with Crippen molar-refractivity contribution in [2.75, 3.05) is 18.1 Å². The molecule has 0 aliphatic heterocycles. The molecule has 0 radical (unpaired) electrons. The second kappa shape index (κ2) is 5.60. The van der Waals surface area contributed by atoms with Crippen LogP contribution >= 0.6 is 11.8 Å². The van der Waals surface area contributed by atoms with Crippen molar-refractivity contribution in [1.29, 1.82) is 0 Å². The Morgan fingerprint density at radius 2 is 2.20 bits per heavy atom. The van der Waals surface area contributed by atoms with E-state index < -0.39 is 0 Å². The molecule has 0 amide bonds. The van der Waals surface area contributed by atoms with Crippen molar-refractivity contribution < 1.29 is 4.92 Å². The number of nitro benzene ring substituents is 1. The largest absolute Gasteiger partial charge is 0.388 e. The maximum absolute atomic E-state index is 10.7. The Balaban J connectivity index is 2.95. The van der Waals surface area contributed by atoms with Gasteiger partial charge >= 0.3 is 0 Å². The standard InChI is InChI=1S/C10H14N2O2S/c1-3-4-15-10-6-8(11-2)5-9(7-10)12(13)14/h5-7,11H,3-4H2,1-2H3. The minimum atomic E-state index is -0.364. The van der Waals surface area contributed by atoms with Crippen LogP contribution in [0.15, 0.2) is 23.1 Å². The maximum atomic E-state index is 10.7. The lowest BCUT2D eigenvalue weighted by molar-refractivity contribution is -0.385. The monoisotopic (exact) mass is 226 g/mol. The Bertz CT molecular complexity index is 355. The summed E-state index contributed by atoms with van der Waals surface area (Å²) in [5, 5.41) is 13.6. The summed E-state index contributed by atoms with van der Waals surface area (Å²) in [7, 11) is 1.76. The van der Waals surface area contributed by atoms with Crippen molar-refractivity contribution in [2.45, 2.75) is 18.2 Å². The van der Waals surface area contributed by atoms with E-state index in [1.807, 2.05) is 6.07 Å². The van der Waals surface area contributed by atoms with Crippen LogP contribution in [0, 0.1) is 10.1 Å². The van der Waals surface area contributed by atoms with Crippen LogP contribution in [0.3, 0.4) is 0 Å². The molecule has 82 valence electrons. The van der Waals surface area contributed by atoms with E-state index in [1.54, 1.807) is 24.9 Å². The molecule has 0 heterocycles. The molecule has 1 N–H and O–H groups in total. The molecule has 1 aromatic carbocycles. The van der Waals surface area contributed by atoms with Gasteiger partial charge in [-0.05, 0) is 18.2 Å². The molecule has 1 rings (SSSR count). The molecule has 0 spiro atoms. The normalized spacial score (nSPS) is 10.0. The highest BCUT2D eigenvalue weighted by Crippen LogP contribution is 2.27. The van der Waals surface area contributed by atoms with E-state index in [-0.39, 0.29) is 10.6 Å². The summed E-state index contributed by atoms with van der Waals surface area (Å²) >= 11 is 1.64. The Morgan fingerprint density at radius 1 is 1.47 bits per heavy atom. The van der Waals surface area contributed by atoms with E-state index in [9.17, 15) is 10.1 Å². The van der Waals surface area contributed by atoms with Crippen LogP contribution in [0.1, 0.15) is 13.3 Å². The Kier molecular flexibility index (Phi) is 4.42. The van der Waals surface area contributed by atoms with E-state index in [2.05, 4.69) is 12.2 Å². The molecular weight excluding hydrogens is 212 g/mol. The van der Waals surface area contributed by atoms with Gasteiger partial charge in [0, 0.05) is 29.8 Å². The van der Waals surface area contributed by atoms with Gasteiger partial charge < -0.3 is 5.32 Å². The van der Waals surface area contributed by atoms with E-state index in [4.69, 9.17) is 0 Å². The molecule has 1 aromatic rings. The summed E-state index contributed by atoms with van der Waals surface area (Å²) in [5.74, 6) is 0.977. The van der Waals surface area contributed by atoms with Crippen molar-refractivity contribution in [3.63, 3.8) is 0 Å². The number of nitrogens with zero attached hydrogens (tertiary/aromatic N) is 1. The fraction of sp³-hybridized carbons (Fsp3) is 0.400. The quantitative estimate of drug-likeness (QED) is 0.476. The third-order valence-electron chi connectivity index (χ3n) is 1.86. The highest BCUT2D eigenvalue weighted by atomic mass is 32.2. The summed E-state index contributed by atoms with van der Waals surface area (Å²) in [6, 6.07) is 5.07. The number of hydrogen-bond donors (Lipinski definition) is 1. The van der Waals surface area contributed by atoms with Gasteiger partial charge in [-0.2, -0.15) is 0 Å². The molecule has 0 fully saturated rings. The molecule has 5 heteroatoms. The third kappa shape index (κ3) is 3.43. The van der Waals surface area contributed by atoms with E-state index >= 15 is 0 Å². The highest BCUT2D eigenvalue weighted by Gasteiger charge is 2.09. The molecule has 0 unspecified atom stereocenters. The summed E-state index contributed by atoms with van der Waals surface area (Å²) in [6.45, 7) is 2.09. The van der Waals surface area contributed by atoms with Crippen LogP contribution < -0.4 is 5.32 Å². The van der Waals surface area contributed by atoms with Gasteiger partial charge in [-0.15, -0.1) is 11.8 Å². The first kappa shape index (κ1) is 11.8. The summed E-state index contributed by atoms with van der Waals surface area (Å²) in [5.41, 5.74) is 0.920. The highest BCUT2D eigenvalue weighted by molar-refractivity contribution is 7.99. The smallest absolute Gasteiger partial charge is 0.272 e. The Hall–Kier alpha value is -1.23. The molecule has 0 aromatic heterocycles. The average Bonchev–Trinajstić information content (AvgIpc) is 2.25. The molecule has 0 aliphatic carbocycles. The van der Waals surface area contributed by atoms with Gasteiger partial charge in [-0.1, -0.05) is 6.92 Å². The molecule has 15 heavy (non-hydrogen) atoms. The van der Waals surface area contributed by atoms with Crippen LogP contribution in [0.2, 0.25) is 0 Å². The fourth-order valence-electron chi connectivity index (χ4n) is 1.14. The van der Waals surface area contributed by atoms with E-state index in [1.165, 1.54) is 6.07 Å². The van der Waals surface area contributed by atoms with Crippen LogP contribution in [0.25, 0.3) is 0 Å². The predicted molar refractivity (Wildman–Crippen MR) is 63.7 cm³/mol. The molecule has 0 aliphatic rings. The third-order valence-corrected chi connectivity index (χ3v) is 3.05. The van der Waals surface area contributed by atoms with Gasteiger partial charge in [0.2, 0.25) is 0 Å². The zero-order valence-corrected chi connectivity index (χ0v) is 9.63. The molecular formula is C10H14N2O2S. The van der Waals surface area contributed by atoms with Gasteiger partial charge in [0.25, 0.3) is 5.69 Å². The van der Waals surface area contributed by atoms with Gasteiger partial charge in [-0.25, -0.2) is 0 Å². The van der Waals surface area contributed by atoms with Gasteiger partial charge in [0.15, 0.2) is 0 Å². The van der Waals surface area contributed by atoms with Gasteiger partial charge in [0.05, 0.1) is 4.92 Å². The molecule has 0 saturated carbocycles. The molecule has 4 nitrogen and oxygen atoms in total. The van der Waals surface area contributed by atoms with Crippen molar-refractivity contribution >= 4 is 23.1 Å². The zero-order chi connectivity index (χ0) is 11.3. The van der Waals surface area contributed by atoms with Crippen LogP contribution in [0.5, 0.6) is 0 Å². The number of nitrogens with one attached hydrogen (secondary N) is 1. The fourth-order valence-corrected chi connectivity index (χ4v) is 1.99. The number of non-ortho nitro benzene ring substituents is 1. The number of anilines is 1. The maximum Gasteiger partial charge on any atom is 0.272 e. The van der Waals surface area contributed by atoms with Crippen molar-refractivity contribution in [1.82, 2.24) is 0 Å². The summed E-state index contributed by atoms with van der Waals surface area (Å²) < 4.78 is 0. The van der Waals surface area contributed by atoms with Crippen molar-refractivity contribution in [3.05, 3.63) is 28.3 Å². The van der Waals surface area contributed by atoms with Gasteiger partial charge in [-0.3, -0.25) is 10.1 Å². The number of nitro groups is 1. The van der Waals surface area contributed by atoms with E-state index in [0.717, 1.165) is 22.8 Å². The lowest BCUT2D eigenvalue weighted by atomic mass is 10.3. The second-order valence-corrected chi connectivity index (χ2v) is 4.24. The minimum absolute atomic E-state index is 0.139. The first-order chi connectivity index (χ1) is 7.17. The predicted octanol–water partition coefficient (Wildman–Crippen LogP) is 3.14. The lowest BCUT2D eigenvalue weighted by Crippen LogP contribution is -1.93. The first-order valence-electron chi connectivity index (χ1n) is 4.77. The SMILES string of the molecule is CCCSc1cc(NC)cc([N+](=O)[O-])c1. The van der Waals surface area contributed by atoms with E-state index in [0.29, 0.717) is 0 Å². The zero-order valence-electron chi connectivity index (χ0n) is 8.82. The summed E-state index contributed by atoms with van der Waals surface area (Å²) in [6.07, 6.45) is 1.06.